The van der Waals surface area contributed by atoms with Crippen LogP contribution in [0.4, 0.5) is 0 Å². The lowest BCUT2D eigenvalue weighted by Gasteiger charge is -2.22. The fourth-order valence-electron chi connectivity index (χ4n) is 2.23. The van der Waals surface area contributed by atoms with E-state index in [9.17, 15) is 4.79 Å². The van der Waals surface area contributed by atoms with Crippen molar-refractivity contribution < 1.29 is 9.53 Å². The van der Waals surface area contributed by atoms with Crippen LogP contribution >= 0.6 is 0 Å². The van der Waals surface area contributed by atoms with Crippen LogP contribution in [-0.4, -0.2) is 38.3 Å². The van der Waals surface area contributed by atoms with Gasteiger partial charge >= 0.3 is 0 Å². The van der Waals surface area contributed by atoms with E-state index in [4.69, 9.17) is 4.74 Å². The molecule has 15 heavy (non-hydrogen) atoms. The molecule has 2 aliphatic heterocycles. The number of nitrogens with one attached hydrogen (secondary N) is 2. The van der Waals surface area contributed by atoms with E-state index in [1.165, 1.54) is 0 Å². The van der Waals surface area contributed by atoms with E-state index in [0.717, 1.165) is 52.0 Å². The number of carbonyl (C=O) groups is 1. The first-order chi connectivity index (χ1) is 7.36. The van der Waals surface area contributed by atoms with Crippen LogP contribution < -0.4 is 10.6 Å². The van der Waals surface area contributed by atoms with E-state index in [-0.39, 0.29) is 11.9 Å². The predicted octanol–water partition coefficient (Wildman–Crippen LogP) is 0.281. The van der Waals surface area contributed by atoms with Gasteiger partial charge in [-0.15, -0.1) is 0 Å². The highest BCUT2D eigenvalue weighted by Crippen LogP contribution is 2.13. The third kappa shape index (κ3) is 3.18. The topological polar surface area (TPSA) is 50.4 Å². The summed E-state index contributed by atoms with van der Waals surface area (Å²) in [6.45, 7) is 3.50. The largest absolute Gasteiger partial charge is 0.381 e. The molecule has 0 aromatic rings. The van der Waals surface area contributed by atoms with Gasteiger partial charge in [0, 0.05) is 19.8 Å². The summed E-state index contributed by atoms with van der Waals surface area (Å²) in [5, 5.41) is 6.24. The van der Waals surface area contributed by atoms with Gasteiger partial charge in [0.1, 0.15) is 0 Å². The van der Waals surface area contributed by atoms with Crippen molar-refractivity contribution in [1.82, 2.24) is 10.6 Å². The summed E-state index contributed by atoms with van der Waals surface area (Å²) in [4.78, 5) is 11.7. The zero-order chi connectivity index (χ0) is 10.5. The minimum Gasteiger partial charge on any atom is -0.381 e. The summed E-state index contributed by atoms with van der Waals surface area (Å²) in [5.74, 6) is 0.795. The van der Waals surface area contributed by atoms with Gasteiger partial charge in [-0.2, -0.15) is 0 Å². The van der Waals surface area contributed by atoms with Gasteiger partial charge in [0.25, 0.3) is 0 Å². The molecule has 4 heteroatoms. The molecule has 0 spiro atoms. The Hall–Kier alpha value is -0.610. The Bertz CT molecular complexity index is 209. The molecule has 2 rings (SSSR count). The Morgan fingerprint density at radius 1 is 1.33 bits per heavy atom. The van der Waals surface area contributed by atoms with Gasteiger partial charge in [0.2, 0.25) is 5.91 Å². The van der Waals surface area contributed by atoms with Crippen LogP contribution in [0, 0.1) is 5.92 Å². The Labute approximate surface area is 90.8 Å². The number of rotatable bonds is 3. The van der Waals surface area contributed by atoms with Gasteiger partial charge in [0.05, 0.1) is 6.04 Å². The standard InChI is InChI=1S/C11H20N2O2/c14-11(10-2-1-5-12-10)13-8-9-3-6-15-7-4-9/h9-10,12H,1-8H2,(H,13,14)/t10-/m0/s1. The number of amides is 1. The lowest BCUT2D eigenvalue weighted by atomic mass is 10.0. The SMILES string of the molecule is O=C(NCC1CCOCC1)[C@@H]1CCCN1. The molecular weight excluding hydrogens is 192 g/mol. The first-order valence-electron chi connectivity index (χ1n) is 5.95. The molecule has 0 unspecified atom stereocenters. The van der Waals surface area contributed by atoms with Crippen LogP contribution in [0.25, 0.3) is 0 Å². The van der Waals surface area contributed by atoms with Crippen LogP contribution in [0.1, 0.15) is 25.7 Å². The molecule has 2 saturated heterocycles. The molecule has 1 amide bonds. The number of hydrogen-bond donors (Lipinski definition) is 2. The number of hydrogen-bond acceptors (Lipinski definition) is 3. The van der Waals surface area contributed by atoms with Crippen LogP contribution in [0.3, 0.4) is 0 Å². The van der Waals surface area contributed by atoms with Crippen molar-refractivity contribution in [1.29, 1.82) is 0 Å². The van der Waals surface area contributed by atoms with E-state index < -0.39 is 0 Å². The third-order valence-electron chi connectivity index (χ3n) is 3.28. The number of ether oxygens (including phenoxy) is 1. The Morgan fingerprint density at radius 3 is 2.80 bits per heavy atom. The average molecular weight is 212 g/mol. The van der Waals surface area contributed by atoms with Crippen molar-refractivity contribution in [3.8, 4) is 0 Å². The second kappa shape index (κ2) is 5.47. The highest BCUT2D eigenvalue weighted by Gasteiger charge is 2.22. The van der Waals surface area contributed by atoms with Gasteiger partial charge in [-0.1, -0.05) is 0 Å². The molecule has 1 atom stereocenters. The van der Waals surface area contributed by atoms with E-state index in [0.29, 0.717) is 5.92 Å². The maximum absolute atomic E-state index is 11.7. The summed E-state index contributed by atoms with van der Waals surface area (Å²) in [6.07, 6.45) is 4.27. The molecule has 2 heterocycles. The van der Waals surface area contributed by atoms with Crippen molar-refractivity contribution in [2.75, 3.05) is 26.3 Å². The summed E-state index contributed by atoms with van der Waals surface area (Å²) >= 11 is 0. The van der Waals surface area contributed by atoms with Gasteiger partial charge in [-0.3, -0.25) is 4.79 Å². The second-order valence-electron chi connectivity index (χ2n) is 4.45. The third-order valence-corrected chi connectivity index (χ3v) is 3.28. The van der Waals surface area contributed by atoms with Crippen LogP contribution in [0.2, 0.25) is 0 Å². The van der Waals surface area contributed by atoms with Crippen molar-refractivity contribution in [3.63, 3.8) is 0 Å². The maximum Gasteiger partial charge on any atom is 0.237 e. The predicted molar refractivity (Wildman–Crippen MR) is 57.6 cm³/mol. The molecule has 2 fully saturated rings. The lowest BCUT2D eigenvalue weighted by Crippen LogP contribution is -2.42. The van der Waals surface area contributed by atoms with E-state index in [2.05, 4.69) is 10.6 Å². The zero-order valence-electron chi connectivity index (χ0n) is 9.13. The summed E-state index contributed by atoms with van der Waals surface area (Å²) < 4.78 is 5.28. The molecule has 2 N–H and O–H groups in total. The molecule has 86 valence electrons. The quantitative estimate of drug-likeness (QED) is 0.706. The Balaban J connectivity index is 1.65. The van der Waals surface area contributed by atoms with E-state index in [1.807, 2.05) is 0 Å². The van der Waals surface area contributed by atoms with Crippen molar-refractivity contribution in [3.05, 3.63) is 0 Å². The Morgan fingerprint density at radius 2 is 2.13 bits per heavy atom. The lowest BCUT2D eigenvalue weighted by molar-refractivity contribution is -0.123. The molecule has 0 aliphatic carbocycles. The molecule has 0 aromatic heterocycles. The molecule has 2 aliphatic rings. The van der Waals surface area contributed by atoms with Gasteiger partial charge in [-0.25, -0.2) is 0 Å². The zero-order valence-corrected chi connectivity index (χ0v) is 9.13. The molecule has 4 nitrogen and oxygen atoms in total. The smallest absolute Gasteiger partial charge is 0.237 e. The number of carbonyl (C=O) groups excluding carboxylic acids is 1. The van der Waals surface area contributed by atoms with Crippen molar-refractivity contribution in [2.24, 2.45) is 5.92 Å². The van der Waals surface area contributed by atoms with Crippen molar-refractivity contribution in [2.45, 2.75) is 31.7 Å². The fraction of sp³-hybridized carbons (Fsp3) is 0.909. The summed E-state index contributed by atoms with van der Waals surface area (Å²) in [6, 6.07) is 0.0600. The van der Waals surface area contributed by atoms with E-state index >= 15 is 0 Å². The molecular formula is C11H20N2O2. The van der Waals surface area contributed by atoms with Gasteiger partial charge in [-0.05, 0) is 38.1 Å². The Kier molecular flexibility index (Phi) is 3.97. The van der Waals surface area contributed by atoms with Crippen molar-refractivity contribution >= 4 is 5.91 Å². The van der Waals surface area contributed by atoms with Gasteiger partial charge in [0.15, 0.2) is 0 Å². The second-order valence-corrected chi connectivity index (χ2v) is 4.45. The highest BCUT2D eigenvalue weighted by molar-refractivity contribution is 5.81. The molecule has 0 radical (unpaired) electrons. The molecule has 0 saturated carbocycles. The minimum atomic E-state index is 0.0600. The van der Waals surface area contributed by atoms with Crippen LogP contribution in [-0.2, 0) is 9.53 Å². The highest BCUT2D eigenvalue weighted by atomic mass is 16.5. The summed E-state index contributed by atoms with van der Waals surface area (Å²) in [7, 11) is 0. The van der Waals surface area contributed by atoms with Crippen LogP contribution in [0.5, 0.6) is 0 Å². The maximum atomic E-state index is 11.7. The summed E-state index contributed by atoms with van der Waals surface area (Å²) in [5.41, 5.74) is 0. The molecule has 0 aromatic carbocycles. The first-order valence-corrected chi connectivity index (χ1v) is 5.95. The fourth-order valence-corrected chi connectivity index (χ4v) is 2.23. The molecule has 0 bridgehead atoms. The normalized spacial score (nSPS) is 27.9. The minimum absolute atomic E-state index is 0.0600. The van der Waals surface area contributed by atoms with Gasteiger partial charge < -0.3 is 15.4 Å². The average Bonchev–Trinajstić information content (AvgIpc) is 2.81. The monoisotopic (exact) mass is 212 g/mol. The van der Waals surface area contributed by atoms with E-state index in [1.54, 1.807) is 0 Å². The van der Waals surface area contributed by atoms with Crippen LogP contribution in [0.15, 0.2) is 0 Å². The first kappa shape index (κ1) is 10.9.